The lowest BCUT2D eigenvalue weighted by Gasteiger charge is -2.41. The molecule has 4 rings (SSSR count). The van der Waals surface area contributed by atoms with Crippen LogP contribution in [0, 0.1) is 22.9 Å². The van der Waals surface area contributed by atoms with Gasteiger partial charge in [-0.25, -0.2) is 13.2 Å². The highest BCUT2D eigenvalue weighted by atomic mass is 32.2. The average molecular weight is 564 g/mol. The molecule has 6 nitrogen and oxygen atoms in total. The number of benzene rings is 2. The summed E-state index contributed by atoms with van der Waals surface area (Å²) in [5, 5.41) is 22.6. The van der Waals surface area contributed by atoms with Crippen molar-refractivity contribution in [3.8, 4) is 5.75 Å². The number of halogens is 3. The molecular formula is C29H36F3N3O3S. The minimum Gasteiger partial charge on any atom is -0.497 e. The number of aromatic nitrogens is 1. The Hall–Kier alpha value is -2.53. The topological polar surface area (TPSA) is 69.1 Å². The molecule has 0 unspecified atom stereocenters. The van der Waals surface area contributed by atoms with Gasteiger partial charge in [0.15, 0.2) is 17.5 Å². The first kappa shape index (κ1) is 29.5. The molecule has 0 aliphatic carbocycles. The molecule has 2 N–H and O–H groups in total. The molecule has 1 aromatic heterocycles. The Balaban J connectivity index is 1.37. The van der Waals surface area contributed by atoms with E-state index in [4.69, 9.17) is 4.74 Å². The van der Waals surface area contributed by atoms with E-state index in [9.17, 15) is 23.4 Å². The Morgan fingerprint density at radius 3 is 2.44 bits per heavy atom. The molecule has 0 radical (unpaired) electrons. The molecule has 1 aliphatic heterocycles. The Morgan fingerprint density at radius 1 is 1.13 bits per heavy atom. The van der Waals surface area contributed by atoms with Gasteiger partial charge in [-0.1, -0.05) is 0 Å². The smallest absolute Gasteiger partial charge is 0.194 e. The fraction of sp³-hybridized carbons (Fsp3) is 0.483. The molecule has 1 saturated heterocycles. The zero-order valence-corrected chi connectivity index (χ0v) is 23.4. The zero-order chi connectivity index (χ0) is 28.2. The van der Waals surface area contributed by atoms with E-state index in [1.165, 1.54) is 11.8 Å². The van der Waals surface area contributed by atoms with Crippen LogP contribution in [0.5, 0.6) is 5.75 Å². The minimum absolute atomic E-state index is 0.0435. The predicted octanol–water partition coefficient (Wildman–Crippen LogP) is 5.41. The molecule has 10 heteroatoms. The van der Waals surface area contributed by atoms with Crippen LogP contribution in [0.25, 0.3) is 10.9 Å². The van der Waals surface area contributed by atoms with Gasteiger partial charge in [0, 0.05) is 48.8 Å². The normalized spacial score (nSPS) is 16.4. The minimum atomic E-state index is -1.45. The molecule has 0 saturated carbocycles. The van der Waals surface area contributed by atoms with Crippen LogP contribution in [0.3, 0.4) is 0 Å². The zero-order valence-electron chi connectivity index (χ0n) is 22.6. The van der Waals surface area contributed by atoms with Crippen LogP contribution >= 0.6 is 11.8 Å². The van der Waals surface area contributed by atoms with Crippen LogP contribution in [0.2, 0.25) is 0 Å². The summed E-state index contributed by atoms with van der Waals surface area (Å²) in [5.41, 5.74) is 2.14. The molecule has 0 spiro atoms. The quantitative estimate of drug-likeness (QED) is 0.239. The lowest BCUT2D eigenvalue weighted by atomic mass is 9.74. The van der Waals surface area contributed by atoms with Gasteiger partial charge >= 0.3 is 0 Å². The lowest BCUT2D eigenvalue weighted by molar-refractivity contribution is 0.0255. The molecule has 2 aromatic carbocycles. The summed E-state index contributed by atoms with van der Waals surface area (Å²) in [5.74, 6) is -2.50. The Kier molecular flexibility index (Phi) is 9.64. The van der Waals surface area contributed by atoms with Crippen LogP contribution < -0.4 is 9.64 Å². The number of likely N-dealkylation sites (tertiary alicyclic amines) is 1. The fourth-order valence-corrected chi connectivity index (χ4v) is 6.21. The van der Waals surface area contributed by atoms with Crippen molar-refractivity contribution in [2.75, 3.05) is 58.1 Å². The SMILES string of the molecule is COc1ccc2ncc(N(C)C)c([C@H](O)CCC3(CO)CCN(CCSc4cc(F)c(F)c(F)c4)CC3)c2c1. The number of rotatable bonds is 11. The van der Waals surface area contributed by atoms with E-state index in [1.54, 1.807) is 13.3 Å². The maximum absolute atomic E-state index is 13.5. The highest BCUT2D eigenvalue weighted by molar-refractivity contribution is 7.99. The van der Waals surface area contributed by atoms with E-state index in [2.05, 4.69) is 9.88 Å². The van der Waals surface area contributed by atoms with Crippen LogP contribution in [0.4, 0.5) is 18.9 Å². The van der Waals surface area contributed by atoms with Crippen molar-refractivity contribution in [2.24, 2.45) is 5.41 Å². The highest BCUT2D eigenvalue weighted by Gasteiger charge is 2.35. The number of aliphatic hydroxyl groups is 2. The summed E-state index contributed by atoms with van der Waals surface area (Å²) in [4.78, 5) is 9.12. The Labute approximate surface area is 231 Å². The Bertz CT molecular complexity index is 1260. The van der Waals surface area contributed by atoms with Crippen LogP contribution in [0.1, 0.15) is 37.4 Å². The van der Waals surface area contributed by atoms with Gasteiger partial charge in [-0.15, -0.1) is 11.8 Å². The summed E-state index contributed by atoms with van der Waals surface area (Å²) in [6, 6.07) is 7.68. The lowest BCUT2D eigenvalue weighted by Crippen LogP contribution is -2.43. The summed E-state index contributed by atoms with van der Waals surface area (Å²) in [7, 11) is 5.45. The number of piperidine rings is 1. The number of thioether (sulfide) groups is 1. The summed E-state index contributed by atoms with van der Waals surface area (Å²) in [6.45, 7) is 2.32. The van der Waals surface area contributed by atoms with Gasteiger partial charge in [-0.2, -0.15) is 0 Å². The number of aliphatic hydroxyl groups excluding tert-OH is 2. The van der Waals surface area contributed by atoms with Crippen LogP contribution in [-0.2, 0) is 0 Å². The molecular weight excluding hydrogens is 527 g/mol. The van der Waals surface area contributed by atoms with Crippen molar-refractivity contribution in [2.45, 2.75) is 36.7 Å². The molecule has 3 aromatic rings. The van der Waals surface area contributed by atoms with Gasteiger partial charge in [0.05, 0.1) is 30.6 Å². The maximum atomic E-state index is 13.5. The third kappa shape index (κ3) is 6.80. The van der Waals surface area contributed by atoms with Crippen LogP contribution in [0.15, 0.2) is 41.4 Å². The number of fused-ring (bicyclic) bond motifs is 1. The second kappa shape index (κ2) is 12.8. The van der Waals surface area contributed by atoms with Crippen molar-refractivity contribution in [1.29, 1.82) is 0 Å². The number of pyridine rings is 1. The number of anilines is 1. The second-order valence-corrected chi connectivity index (χ2v) is 11.6. The van der Waals surface area contributed by atoms with Gasteiger partial charge in [-0.05, 0) is 74.5 Å². The maximum Gasteiger partial charge on any atom is 0.194 e. The van der Waals surface area contributed by atoms with Crippen LogP contribution in [-0.4, -0.2) is 73.3 Å². The van der Waals surface area contributed by atoms with Gasteiger partial charge in [0.1, 0.15) is 5.75 Å². The third-order valence-corrected chi connectivity index (χ3v) is 8.70. The number of methoxy groups -OCH3 is 1. The first-order valence-corrected chi connectivity index (χ1v) is 14.1. The Morgan fingerprint density at radius 2 is 1.82 bits per heavy atom. The number of hydrogen-bond acceptors (Lipinski definition) is 7. The van der Waals surface area contributed by atoms with Crippen molar-refractivity contribution in [3.63, 3.8) is 0 Å². The van der Waals surface area contributed by atoms with Gasteiger partial charge in [0.2, 0.25) is 0 Å². The molecule has 212 valence electrons. The third-order valence-electron chi connectivity index (χ3n) is 7.74. The molecule has 2 heterocycles. The van der Waals surface area contributed by atoms with E-state index in [0.717, 1.165) is 60.2 Å². The predicted molar refractivity (Wildman–Crippen MR) is 149 cm³/mol. The van der Waals surface area contributed by atoms with Gasteiger partial charge < -0.3 is 24.7 Å². The summed E-state index contributed by atoms with van der Waals surface area (Å²) in [6.07, 6.45) is 3.77. The highest BCUT2D eigenvalue weighted by Crippen LogP contribution is 2.41. The van der Waals surface area contributed by atoms with E-state index in [-0.39, 0.29) is 12.0 Å². The molecule has 39 heavy (non-hydrogen) atoms. The summed E-state index contributed by atoms with van der Waals surface area (Å²) < 4.78 is 45.5. The molecule has 1 atom stereocenters. The monoisotopic (exact) mass is 563 g/mol. The van der Waals surface area contributed by atoms with E-state index in [1.807, 2.05) is 37.2 Å². The van der Waals surface area contributed by atoms with E-state index in [0.29, 0.717) is 35.8 Å². The molecule has 0 bridgehead atoms. The standard InChI is InChI=1S/C29H36F3N3O3S/c1-34(2)25-17-33-24-5-4-19(38-3)14-21(24)27(25)26(37)6-7-29(18-36)8-10-35(11-9-29)12-13-39-20-15-22(30)28(32)23(31)16-20/h4-5,14-17,26,36-37H,6-13,18H2,1-3H3/t26-/m1/s1. The number of hydrogen-bond donors (Lipinski definition) is 2. The first-order chi connectivity index (χ1) is 18.7. The number of ether oxygens (including phenoxy) is 1. The summed E-state index contributed by atoms with van der Waals surface area (Å²) >= 11 is 1.29. The molecule has 1 aliphatic rings. The second-order valence-electron chi connectivity index (χ2n) is 10.4. The van der Waals surface area contributed by atoms with Gasteiger partial charge in [-0.3, -0.25) is 4.98 Å². The largest absolute Gasteiger partial charge is 0.497 e. The van der Waals surface area contributed by atoms with Crippen molar-refractivity contribution in [1.82, 2.24) is 9.88 Å². The van der Waals surface area contributed by atoms with Crippen molar-refractivity contribution < 1.29 is 28.1 Å². The fourth-order valence-electron chi connectivity index (χ4n) is 5.25. The molecule has 0 amide bonds. The van der Waals surface area contributed by atoms with E-state index >= 15 is 0 Å². The van der Waals surface area contributed by atoms with Gasteiger partial charge in [0.25, 0.3) is 0 Å². The van der Waals surface area contributed by atoms with Crippen molar-refractivity contribution >= 4 is 28.4 Å². The number of nitrogens with zero attached hydrogens (tertiary/aromatic N) is 3. The van der Waals surface area contributed by atoms with E-state index < -0.39 is 23.6 Å². The van der Waals surface area contributed by atoms with Crippen molar-refractivity contribution in [3.05, 3.63) is 59.5 Å². The first-order valence-electron chi connectivity index (χ1n) is 13.1. The average Bonchev–Trinajstić information content (AvgIpc) is 2.94. The molecule has 1 fully saturated rings.